The zero-order valence-electron chi connectivity index (χ0n) is 32.8. The molecular formula is C34H47N6NaO20S. The Morgan fingerprint density at radius 2 is 1.76 bits per heavy atom. The number of carbonyl (C=O) groups is 2. The van der Waals surface area contributed by atoms with Crippen molar-refractivity contribution in [3.8, 4) is 5.69 Å². The maximum Gasteiger partial charge on any atom is 1.00 e. The van der Waals surface area contributed by atoms with Gasteiger partial charge in [-0.05, 0) is 18.2 Å². The second kappa shape index (κ2) is 22.0. The normalized spacial score (nSPS) is 34.9. The number of ether oxygens (including phenoxy) is 7. The minimum atomic E-state index is -3.05. The zero-order chi connectivity index (χ0) is 44.2. The van der Waals surface area contributed by atoms with Crippen LogP contribution in [0.5, 0.6) is 0 Å². The molecular weight excluding hydrogens is 867 g/mol. The van der Waals surface area contributed by atoms with Crippen molar-refractivity contribution in [3.63, 3.8) is 0 Å². The van der Waals surface area contributed by atoms with E-state index in [1.807, 2.05) is 6.07 Å². The van der Waals surface area contributed by atoms with Crippen LogP contribution >= 0.6 is 11.3 Å². The number of aromatic nitrogens is 4. The summed E-state index contributed by atoms with van der Waals surface area (Å²) in [5.41, 5.74) is 8.61. The summed E-state index contributed by atoms with van der Waals surface area (Å²) in [5, 5.41) is 128. The number of aliphatic carboxylic acids is 1. The summed E-state index contributed by atoms with van der Waals surface area (Å²) in [5.74, 6) is -5.23. The molecule has 13 N–H and O–H groups in total. The van der Waals surface area contributed by atoms with Gasteiger partial charge in [-0.2, -0.15) is 0 Å². The standard InChI is InChI=1S/C34H48N6O20S.Na/c35-3-4-54-30-27(50)25(48)28(18(9-42)57-30)59-31-26(49)24(47)23(46)19(58-31)11-56-34(32(51)52)6-16(43)21(29(60-34)22(45)17(44)8-41)37-33(53)55-10-13-7-40(39-38-13)14-1-2-20-15(5-14)36-12-61-20;/h1-2,5,7,12,16-19,21-31,41-50H,3-4,6,8-11,35H2,(H,37,53)(H,51,52);/q;+1/p-1/t16-,17-,18?,19?,21-,22-,23+,24+,25-,26?,27?,28-,29?,30-,31+,34-;/m1./s1. The van der Waals surface area contributed by atoms with E-state index in [2.05, 4.69) is 20.6 Å². The molecule has 3 fully saturated rings. The van der Waals surface area contributed by atoms with Gasteiger partial charge < -0.3 is 105 Å². The molecule has 1 aromatic carbocycles. The predicted molar refractivity (Wildman–Crippen MR) is 194 cm³/mol. The molecule has 3 aromatic rings. The molecule has 0 spiro atoms. The number of carbonyl (C=O) groups excluding carboxylic acids is 2. The molecule has 3 saturated heterocycles. The summed E-state index contributed by atoms with van der Waals surface area (Å²) in [6.45, 7) is -3.49. The van der Waals surface area contributed by atoms with Gasteiger partial charge in [0.15, 0.2) is 12.6 Å². The Morgan fingerprint density at radius 3 is 2.45 bits per heavy atom. The molecule has 0 radical (unpaired) electrons. The largest absolute Gasteiger partial charge is 1.00 e. The Hall–Kier alpha value is -2.69. The fourth-order valence-electron chi connectivity index (χ4n) is 6.91. The smallest absolute Gasteiger partial charge is 0.544 e. The number of nitrogens with zero attached hydrogens (tertiary/aromatic N) is 4. The predicted octanol–water partition coefficient (Wildman–Crippen LogP) is -10.6. The van der Waals surface area contributed by atoms with Crippen molar-refractivity contribution in [2.75, 3.05) is 33.0 Å². The summed E-state index contributed by atoms with van der Waals surface area (Å²) in [6, 6.07) is 3.65. The summed E-state index contributed by atoms with van der Waals surface area (Å²) >= 11 is 1.45. The average Bonchev–Trinajstić information content (AvgIpc) is 3.94. The number of hydrogen-bond donors (Lipinski definition) is 12. The molecule has 5 heterocycles. The zero-order valence-corrected chi connectivity index (χ0v) is 35.6. The number of nitrogens with one attached hydrogen (secondary N) is 1. The average molecular weight is 915 g/mol. The third-order valence-electron chi connectivity index (χ3n) is 10.2. The van der Waals surface area contributed by atoms with Gasteiger partial charge in [-0.25, -0.2) is 14.5 Å². The summed E-state index contributed by atoms with van der Waals surface area (Å²) in [4.78, 5) is 29.9. The van der Waals surface area contributed by atoms with Gasteiger partial charge in [-0.1, -0.05) is 5.21 Å². The van der Waals surface area contributed by atoms with Crippen LogP contribution < -0.4 is 45.7 Å². The number of alkyl carbamates (subject to hydrolysis) is 1. The molecule has 5 unspecified atom stereocenters. The van der Waals surface area contributed by atoms with Gasteiger partial charge in [-0.15, -0.1) is 16.4 Å². The van der Waals surface area contributed by atoms with Crippen molar-refractivity contribution in [3.05, 3.63) is 35.6 Å². The number of rotatable bonds is 17. The van der Waals surface area contributed by atoms with Gasteiger partial charge in [0.25, 0.3) is 0 Å². The van der Waals surface area contributed by atoms with Crippen LogP contribution in [0.25, 0.3) is 15.9 Å². The van der Waals surface area contributed by atoms with E-state index in [0.717, 1.165) is 10.2 Å². The van der Waals surface area contributed by atoms with Crippen molar-refractivity contribution in [1.82, 2.24) is 25.3 Å². The Balaban J connectivity index is 0.00000726. The Labute approximate surface area is 376 Å². The number of hydrogen-bond acceptors (Lipinski definition) is 25. The molecule has 6 rings (SSSR count). The first-order valence-electron chi connectivity index (χ1n) is 18.8. The van der Waals surface area contributed by atoms with Gasteiger partial charge >= 0.3 is 35.7 Å². The number of aliphatic hydroxyl groups is 10. The Morgan fingerprint density at radius 1 is 1.03 bits per heavy atom. The number of fused-ring (bicyclic) bond motifs is 1. The molecule has 3 aliphatic rings. The number of carboxylic acids is 1. The first-order chi connectivity index (χ1) is 29.1. The van der Waals surface area contributed by atoms with Crippen LogP contribution in [0.15, 0.2) is 29.9 Å². The molecule has 26 nitrogen and oxygen atoms in total. The molecule has 340 valence electrons. The van der Waals surface area contributed by atoms with E-state index in [9.17, 15) is 65.8 Å². The van der Waals surface area contributed by atoms with E-state index in [-0.39, 0.29) is 48.4 Å². The van der Waals surface area contributed by atoms with E-state index in [1.165, 1.54) is 22.2 Å². The minimum absolute atomic E-state index is 0. The van der Waals surface area contributed by atoms with E-state index in [4.69, 9.17) is 38.9 Å². The van der Waals surface area contributed by atoms with Gasteiger partial charge in [-0.3, -0.25) is 0 Å². The number of amides is 1. The molecule has 1 amide bonds. The van der Waals surface area contributed by atoms with Crippen molar-refractivity contribution < 1.29 is 128 Å². The van der Waals surface area contributed by atoms with Crippen LogP contribution in [0, 0.1) is 0 Å². The molecule has 0 bridgehead atoms. The molecule has 16 atom stereocenters. The molecule has 0 saturated carbocycles. The molecule has 0 aliphatic carbocycles. The van der Waals surface area contributed by atoms with Crippen molar-refractivity contribution >= 4 is 33.6 Å². The number of benzene rings is 1. The fourth-order valence-corrected chi connectivity index (χ4v) is 7.57. The second-order valence-electron chi connectivity index (χ2n) is 14.3. The number of nitrogens with two attached hydrogens (primary N) is 1. The van der Waals surface area contributed by atoms with Crippen LogP contribution in [0.2, 0.25) is 0 Å². The third-order valence-corrected chi connectivity index (χ3v) is 11.0. The van der Waals surface area contributed by atoms with Crippen molar-refractivity contribution in [1.29, 1.82) is 0 Å². The van der Waals surface area contributed by atoms with Gasteiger partial charge in [0.2, 0.25) is 5.79 Å². The second-order valence-corrected chi connectivity index (χ2v) is 15.2. The van der Waals surface area contributed by atoms with Gasteiger partial charge in [0.1, 0.15) is 85.4 Å². The Kier molecular flexibility index (Phi) is 17.8. The minimum Gasteiger partial charge on any atom is -0.544 e. The van der Waals surface area contributed by atoms with Gasteiger partial charge in [0, 0.05) is 13.0 Å². The van der Waals surface area contributed by atoms with Crippen LogP contribution in [0.4, 0.5) is 4.79 Å². The quantitative estimate of drug-likeness (QED) is 0.0559. The van der Waals surface area contributed by atoms with Crippen molar-refractivity contribution in [2.45, 2.75) is 111 Å². The summed E-state index contributed by atoms with van der Waals surface area (Å²) in [6.07, 6.45) is -27.2. The van der Waals surface area contributed by atoms with E-state index in [0.29, 0.717) is 5.69 Å². The van der Waals surface area contributed by atoms with E-state index < -0.39 is 143 Å². The molecule has 28 heteroatoms. The molecule has 3 aliphatic heterocycles. The molecule has 2 aromatic heterocycles. The van der Waals surface area contributed by atoms with Crippen molar-refractivity contribution in [2.24, 2.45) is 5.73 Å². The first kappa shape index (κ1) is 50.3. The maximum absolute atomic E-state index is 13.0. The van der Waals surface area contributed by atoms with Crippen LogP contribution in [0.3, 0.4) is 0 Å². The monoisotopic (exact) mass is 914 g/mol. The summed E-state index contributed by atoms with van der Waals surface area (Å²) in [7, 11) is 0. The maximum atomic E-state index is 13.0. The first-order valence-corrected chi connectivity index (χ1v) is 19.6. The topological polar surface area (TPSA) is 406 Å². The van der Waals surface area contributed by atoms with Crippen LogP contribution in [-0.2, 0) is 44.6 Å². The fraction of sp³-hybridized carbons (Fsp3) is 0.676. The third kappa shape index (κ3) is 11.0. The molecule has 62 heavy (non-hydrogen) atoms. The van der Waals surface area contributed by atoms with Gasteiger partial charge in [0.05, 0.1) is 66.2 Å². The Bertz CT molecular complexity index is 1920. The number of carboxylic acid groups (broad SMARTS) is 1. The summed E-state index contributed by atoms with van der Waals surface area (Å²) < 4.78 is 40.6. The number of thiazole rings is 1. The number of aliphatic hydroxyl groups excluding tert-OH is 10. The van der Waals surface area contributed by atoms with E-state index in [1.54, 1.807) is 17.6 Å². The van der Waals surface area contributed by atoms with E-state index >= 15 is 0 Å². The SMILES string of the molecule is NCCO[C@@H]1OC(CO)[C@@H](O[C@@H]2OC(CO[C@]3(C(=O)[O-])C[C@@H](O)[C@@H](NC(=O)OCc4cn(-c5ccc6scnc6c5)nn4)C([C@H](O)[C@H](O)CO)O3)[C@H](O)[C@H](O)C2O)[C@H](O)C1O.[Na+]. The van der Waals surface area contributed by atoms with Crippen LogP contribution in [-0.4, -0.2) is 214 Å². The van der Waals surface area contributed by atoms with Crippen LogP contribution in [0.1, 0.15) is 12.1 Å².